The first-order chi connectivity index (χ1) is 19.5. The third-order valence-electron chi connectivity index (χ3n) is 7.15. The Morgan fingerprint density at radius 2 is 1.66 bits per heavy atom. The van der Waals surface area contributed by atoms with Crippen molar-refractivity contribution in [2.45, 2.75) is 33.5 Å². The highest BCUT2D eigenvalue weighted by Crippen LogP contribution is 2.40. The van der Waals surface area contributed by atoms with Crippen molar-refractivity contribution in [3.63, 3.8) is 0 Å². The van der Waals surface area contributed by atoms with E-state index in [1.54, 1.807) is 43.3 Å². The molecule has 214 valence electrons. The molecule has 0 amide bonds. The Kier molecular flexibility index (Phi) is 7.88. The summed E-state index contributed by atoms with van der Waals surface area (Å²) >= 11 is 0. The third-order valence-corrected chi connectivity index (χ3v) is 7.15. The molecule has 1 fully saturated rings. The number of carbonyl (C=O) groups is 1. The van der Waals surface area contributed by atoms with E-state index in [9.17, 15) is 22.8 Å². The Morgan fingerprint density at radius 3 is 2.32 bits per heavy atom. The molecule has 7 nitrogen and oxygen atoms in total. The minimum atomic E-state index is -5.04. The van der Waals surface area contributed by atoms with Gasteiger partial charge in [0.15, 0.2) is 5.58 Å². The number of aryl methyl sites for hydroxylation is 3. The van der Waals surface area contributed by atoms with Gasteiger partial charge in [-0.1, -0.05) is 23.8 Å². The minimum Gasteiger partial charge on any atom is -0.449 e. The molecule has 10 heteroatoms. The van der Waals surface area contributed by atoms with Crippen LogP contribution in [-0.4, -0.2) is 32.3 Å². The Balaban J connectivity index is 1.65. The number of morpholine rings is 1. The van der Waals surface area contributed by atoms with Gasteiger partial charge in [-0.05, 0) is 68.3 Å². The number of halogens is 3. The van der Waals surface area contributed by atoms with E-state index in [1.807, 2.05) is 13.8 Å². The average molecular weight is 569 g/mol. The molecule has 0 saturated carbocycles. The van der Waals surface area contributed by atoms with E-state index in [-0.39, 0.29) is 40.1 Å². The molecule has 1 N–H and O–H groups in total. The van der Waals surface area contributed by atoms with Crippen LogP contribution in [0.2, 0.25) is 0 Å². The van der Waals surface area contributed by atoms with Gasteiger partial charge in [-0.2, -0.15) is 13.2 Å². The monoisotopic (exact) mass is 568 g/mol. The van der Waals surface area contributed by atoms with Crippen LogP contribution in [0.3, 0.4) is 0 Å². The Labute approximate surface area is 234 Å². The number of carbonyl (C=O) groups excluding carboxylic acids is 1. The first-order valence-electron chi connectivity index (χ1n) is 13.2. The lowest BCUT2D eigenvalue weighted by atomic mass is 10.1. The predicted molar refractivity (Wildman–Crippen MR) is 145 cm³/mol. The molecule has 1 saturated heterocycles. The lowest BCUT2D eigenvalue weighted by molar-refractivity contribution is -0.921. The molecule has 0 atom stereocenters. The van der Waals surface area contributed by atoms with E-state index in [4.69, 9.17) is 18.6 Å². The van der Waals surface area contributed by atoms with Gasteiger partial charge < -0.3 is 23.5 Å². The highest BCUT2D eigenvalue weighted by atomic mass is 19.4. The molecule has 0 spiro atoms. The fourth-order valence-corrected chi connectivity index (χ4v) is 4.65. The molecule has 2 heterocycles. The maximum Gasteiger partial charge on any atom is 0.453 e. The summed E-state index contributed by atoms with van der Waals surface area (Å²) in [4.78, 5) is 27.5. The number of ether oxygens (including phenoxy) is 3. The quantitative estimate of drug-likeness (QED) is 0.256. The lowest BCUT2D eigenvalue weighted by Gasteiger charge is -2.25. The minimum absolute atomic E-state index is 0.0150. The van der Waals surface area contributed by atoms with E-state index in [0.29, 0.717) is 26.3 Å². The summed E-state index contributed by atoms with van der Waals surface area (Å²) in [6.07, 6.45) is -5.04. The molecule has 0 unspecified atom stereocenters. The molecular weight excluding hydrogens is 539 g/mol. The second-order valence-corrected chi connectivity index (χ2v) is 10.1. The van der Waals surface area contributed by atoms with Crippen LogP contribution in [-0.2, 0) is 17.5 Å². The summed E-state index contributed by atoms with van der Waals surface area (Å²) in [6.45, 7) is 7.74. The van der Waals surface area contributed by atoms with Crippen molar-refractivity contribution in [2.24, 2.45) is 0 Å². The average Bonchev–Trinajstić information content (AvgIpc) is 2.93. The van der Waals surface area contributed by atoms with Gasteiger partial charge in [0.05, 0.1) is 29.7 Å². The second-order valence-electron chi connectivity index (χ2n) is 10.1. The lowest BCUT2D eigenvalue weighted by Crippen LogP contribution is -3.12. The Bertz CT molecular complexity index is 1650. The van der Waals surface area contributed by atoms with Crippen LogP contribution in [0.25, 0.3) is 11.0 Å². The van der Waals surface area contributed by atoms with Gasteiger partial charge >= 0.3 is 12.1 Å². The number of esters is 1. The fraction of sp³-hybridized carbons (Fsp3) is 0.290. The number of alkyl halides is 3. The maximum absolute atomic E-state index is 14.3. The highest BCUT2D eigenvalue weighted by Gasteiger charge is 2.41. The van der Waals surface area contributed by atoms with Crippen LogP contribution in [0.4, 0.5) is 13.2 Å². The summed E-state index contributed by atoms with van der Waals surface area (Å²) < 4.78 is 65.1. The summed E-state index contributed by atoms with van der Waals surface area (Å²) in [5, 5.41) is -0.116. The van der Waals surface area contributed by atoms with E-state index < -0.39 is 29.1 Å². The van der Waals surface area contributed by atoms with Gasteiger partial charge in [-0.3, -0.25) is 4.79 Å². The van der Waals surface area contributed by atoms with Crippen LogP contribution in [0, 0.1) is 20.8 Å². The molecule has 41 heavy (non-hydrogen) atoms. The van der Waals surface area contributed by atoms with Crippen LogP contribution in [0.5, 0.6) is 17.2 Å². The normalized spacial score (nSPS) is 14.3. The molecule has 0 radical (unpaired) electrons. The zero-order valence-electron chi connectivity index (χ0n) is 22.8. The fourth-order valence-electron chi connectivity index (χ4n) is 4.65. The summed E-state index contributed by atoms with van der Waals surface area (Å²) in [5.74, 6) is -3.11. The number of hydrogen-bond acceptors (Lipinski definition) is 6. The van der Waals surface area contributed by atoms with Crippen molar-refractivity contribution in [3.05, 3.63) is 98.4 Å². The van der Waals surface area contributed by atoms with E-state index >= 15 is 0 Å². The SMILES string of the molecule is Cc1ccc(C(=O)Oc2ccc3c(=O)c(Oc4ccc(C)c(C)c4)c(C(F)(F)F)oc3c2C[NH+]2CCOCC2)cc1. The van der Waals surface area contributed by atoms with Gasteiger partial charge in [0.1, 0.15) is 31.1 Å². The van der Waals surface area contributed by atoms with E-state index in [1.165, 1.54) is 18.2 Å². The first kappa shape index (κ1) is 28.4. The number of quaternary nitrogens is 1. The molecule has 5 rings (SSSR count). The molecular formula is C31H29F3NO6+. The van der Waals surface area contributed by atoms with Crippen molar-refractivity contribution in [1.29, 1.82) is 0 Å². The standard InChI is InChI=1S/C31H28F3NO6/c1-18-4-7-21(8-5-18)30(37)40-25-11-10-23-26(36)28(39-22-9-6-19(2)20(3)16-22)29(31(32,33)34)41-27(23)24(25)17-35-12-14-38-15-13-35/h4-11,16H,12-15,17H2,1-3H3/p+1. The van der Waals surface area contributed by atoms with E-state index in [2.05, 4.69) is 0 Å². The van der Waals surface area contributed by atoms with Crippen molar-refractivity contribution in [2.75, 3.05) is 26.3 Å². The van der Waals surface area contributed by atoms with Crippen molar-refractivity contribution < 1.29 is 41.5 Å². The topological polar surface area (TPSA) is 79.4 Å². The van der Waals surface area contributed by atoms with Crippen LogP contribution >= 0.6 is 0 Å². The largest absolute Gasteiger partial charge is 0.453 e. The Hall–Kier alpha value is -4.15. The second kappa shape index (κ2) is 11.4. The zero-order valence-corrected chi connectivity index (χ0v) is 22.8. The predicted octanol–water partition coefficient (Wildman–Crippen LogP) is 5.16. The molecule has 0 aliphatic carbocycles. The van der Waals surface area contributed by atoms with Gasteiger partial charge in [0.25, 0.3) is 5.76 Å². The molecule has 0 bridgehead atoms. The number of rotatable bonds is 6. The maximum atomic E-state index is 14.3. The van der Waals surface area contributed by atoms with Gasteiger partial charge in [-0.15, -0.1) is 0 Å². The van der Waals surface area contributed by atoms with Crippen molar-refractivity contribution in [1.82, 2.24) is 0 Å². The third kappa shape index (κ3) is 6.13. The van der Waals surface area contributed by atoms with Crippen LogP contribution in [0.15, 0.2) is 63.8 Å². The first-order valence-corrected chi connectivity index (χ1v) is 13.2. The summed E-state index contributed by atoms with van der Waals surface area (Å²) in [7, 11) is 0. The van der Waals surface area contributed by atoms with Crippen molar-refractivity contribution >= 4 is 16.9 Å². The summed E-state index contributed by atoms with van der Waals surface area (Å²) in [5.41, 5.74) is 1.83. The van der Waals surface area contributed by atoms with Gasteiger partial charge in [0, 0.05) is 0 Å². The number of hydrogen-bond donors (Lipinski definition) is 1. The Morgan fingerprint density at radius 1 is 0.951 bits per heavy atom. The van der Waals surface area contributed by atoms with E-state index in [0.717, 1.165) is 21.6 Å². The van der Waals surface area contributed by atoms with Gasteiger partial charge in [0.2, 0.25) is 11.2 Å². The number of benzene rings is 3. The number of fused-ring (bicyclic) bond motifs is 1. The summed E-state index contributed by atoms with van der Waals surface area (Å²) in [6, 6.07) is 14.2. The smallest absolute Gasteiger partial charge is 0.449 e. The zero-order chi connectivity index (χ0) is 29.3. The van der Waals surface area contributed by atoms with Crippen LogP contribution in [0.1, 0.15) is 38.4 Å². The van der Waals surface area contributed by atoms with Crippen LogP contribution < -0.4 is 19.8 Å². The van der Waals surface area contributed by atoms with Crippen molar-refractivity contribution in [3.8, 4) is 17.2 Å². The molecule has 1 aliphatic rings. The molecule has 3 aromatic carbocycles. The number of nitrogens with one attached hydrogen (secondary N) is 1. The molecule has 4 aromatic rings. The highest BCUT2D eigenvalue weighted by molar-refractivity contribution is 5.92. The van der Waals surface area contributed by atoms with Gasteiger partial charge in [-0.25, -0.2) is 4.79 Å². The molecule has 1 aromatic heterocycles. The molecule has 1 aliphatic heterocycles.